The third-order valence-corrected chi connectivity index (χ3v) is 3.12. The quantitative estimate of drug-likeness (QED) is 0.847. The molecule has 0 radical (unpaired) electrons. The van der Waals surface area contributed by atoms with Crippen molar-refractivity contribution in [3.05, 3.63) is 35.9 Å². The Balaban J connectivity index is 2.77. The lowest BCUT2D eigenvalue weighted by Crippen LogP contribution is -2.52. The molecular formula is C16H24N2O3. The summed E-state index contributed by atoms with van der Waals surface area (Å²) in [4.78, 5) is 24.9. The highest BCUT2D eigenvalue weighted by molar-refractivity contribution is 5.77. The Kier molecular flexibility index (Phi) is 5.76. The molecule has 116 valence electrons. The van der Waals surface area contributed by atoms with E-state index < -0.39 is 11.5 Å². The molecule has 0 aliphatic heterocycles. The first-order valence-corrected chi connectivity index (χ1v) is 7.06. The molecule has 21 heavy (non-hydrogen) atoms. The number of carboxylic acids is 1. The third-order valence-electron chi connectivity index (χ3n) is 3.12. The minimum Gasteiger partial charge on any atom is -0.481 e. The van der Waals surface area contributed by atoms with Crippen LogP contribution < -0.4 is 5.32 Å². The van der Waals surface area contributed by atoms with Crippen molar-refractivity contribution in [1.82, 2.24) is 10.2 Å². The normalized spacial score (nSPS) is 11.3. The Morgan fingerprint density at radius 3 is 2.29 bits per heavy atom. The van der Waals surface area contributed by atoms with Gasteiger partial charge in [-0.05, 0) is 33.3 Å². The monoisotopic (exact) mass is 292 g/mol. The summed E-state index contributed by atoms with van der Waals surface area (Å²) in [5.41, 5.74) is 0.254. The number of nitrogens with one attached hydrogen (secondary N) is 1. The summed E-state index contributed by atoms with van der Waals surface area (Å²) >= 11 is 0. The summed E-state index contributed by atoms with van der Waals surface area (Å²) in [7, 11) is 0. The van der Waals surface area contributed by atoms with E-state index in [1.807, 2.05) is 44.2 Å². The Morgan fingerprint density at radius 1 is 1.24 bits per heavy atom. The SMILES string of the molecule is CC(C)N(Cc1ccccc1)C(=O)NC(C)(C)CC(=O)O. The van der Waals surface area contributed by atoms with Crippen LogP contribution in [0.2, 0.25) is 0 Å². The maximum atomic E-state index is 12.4. The van der Waals surface area contributed by atoms with Gasteiger partial charge in [0.05, 0.1) is 6.42 Å². The molecule has 2 N–H and O–H groups in total. The second-order valence-corrected chi connectivity index (χ2v) is 6.09. The van der Waals surface area contributed by atoms with Crippen molar-refractivity contribution < 1.29 is 14.7 Å². The molecule has 0 spiro atoms. The van der Waals surface area contributed by atoms with Crippen LogP contribution in [0.25, 0.3) is 0 Å². The zero-order valence-corrected chi connectivity index (χ0v) is 13.1. The number of carbonyl (C=O) groups is 2. The van der Waals surface area contributed by atoms with Gasteiger partial charge in [0.15, 0.2) is 0 Å². The molecule has 5 heteroatoms. The molecular weight excluding hydrogens is 268 g/mol. The van der Waals surface area contributed by atoms with Gasteiger partial charge in [-0.1, -0.05) is 30.3 Å². The van der Waals surface area contributed by atoms with E-state index in [2.05, 4.69) is 5.32 Å². The number of amides is 2. The minimum absolute atomic E-state index is 0.0193. The second-order valence-electron chi connectivity index (χ2n) is 6.09. The average molecular weight is 292 g/mol. The van der Waals surface area contributed by atoms with Gasteiger partial charge in [0.2, 0.25) is 0 Å². The van der Waals surface area contributed by atoms with E-state index in [9.17, 15) is 9.59 Å². The fourth-order valence-corrected chi connectivity index (χ4v) is 2.05. The predicted molar refractivity (Wildman–Crippen MR) is 82.0 cm³/mol. The predicted octanol–water partition coefficient (Wildman–Crippen LogP) is 2.86. The van der Waals surface area contributed by atoms with Gasteiger partial charge in [0, 0.05) is 18.1 Å². The molecule has 0 saturated heterocycles. The van der Waals surface area contributed by atoms with Crippen molar-refractivity contribution in [2.24, 2.45) is 0 Å². The largest absolute Gasteiger partial charge is 0.481 e. The molecule has 0 aliphatic carbocycles. The summed E-state index contributed by atoms with van der Waals surface area (Å²) in [5, 5.41) is 11.7. The van der Waals surface area contributed by atoms with E-state index in [-0.39, 0.29) is 18.5 Å². The van der Waals surface area contributed by atoms with Crippen molar-refractivity contribution in [3.63, 3.8) is 0 Å². The number of rotatable bonds is 6. The first kappa shape index (κ1) is 17.0. The number of carboxylic acid groups (broad SMARTS) is 1. The zero-order valence-electron chi connectivity index (χ0n) is 13.1. The van der Waals surface area contributed by atoms with Crippen LogP contribution in [0, 0.1) is 0 Å². The van der Waals surface area contributed by atoms with Crippen LogP contribution in [0.4, 0.5) is 4.79 Å². The van der Waals surface area contributed by atoms with Gasteiger partial charge in [-0.3, -0.25) is 4.79 Å². The van der Waals surface area contributed by atoms with Crippen LogP contribution in [-0.4, -0.2) is 33.6 Å². The summed E-state index contributed by atoms with van der Waals surface area (Å²) in [6.07, 6.45) is -0.115. The molecule has 0 unspecified atom stereocenters. The van der Waals surface area contributed by atoms with E-state index in [4.69, 9.17) is 5.11 Å². The molecule has 0 heterocycles. The van der Waals surface area contributed by atoms with Crippen LogP contribution in [0.5, 0.6) is 0 Å². The van der Waals surface area contributed by atoms with E-state index in [0.717, 1.165) is 5.56 Å². The van der Waals surface area contributed by atoms with Gasteiger partial charge in [0.25, 0.3) is 0 Å². The highest BCUT2D eigenvalue weighted by Gasteiger charge is 2.27. The summed E-state index contributed by atoms with van der Waals surface area (Å²) in [6, 6.07) is 9.49. The fraction of sp³-hybridized carbons (Fsp3) is 0.500. The van der Waals surface area contributed by atoms with Crippen LogP contribution in [0.3, 0.4) is 0 Å². The van der Waals surface area contributed by atoms with Crippen molar-refractivity contribution >= 4 is 12.0 Å². The first-order chi connectivity index (χ1) is 9.71. The molecule has 2 amide bonds. The van der Waals surface area contributed by atoms with Gasteiger partial charge in [-0.25, -0.2) is 4.79 Å². The number of hydrogen-bond acceptors (Lipinski definition) is 2. The Bertz CT molecular complexity index is 484. The molecule has 0 aliphatic rings. The Labute approximate surface area is 126 Å². The number of hydrogen-bond donors (Lipinski definition) is 2. The minimum atomic E-state index is -0.931. The summed E-state index contributed by atoms with van der Waals surface area (Å²) in [6.45, 7) is 7.78. The molecule has 5 nitrogen and oxygen atoms in total. The maximum absolute atomic E-state index is 12.4. The highest BCUT2D eigenvalue weighted by atomic mass is 16.4. The molecule has 0 aromatic heterocycles. The highest BCUT2D eigenvalue weighted by Crippen LogP contribution is 2.13. The van der Waals surface area contributed by atoms with E-state index in [1.165, 1.54) is 0 Å². The van der Waals surface area contributed by atoms with Gasteiger partial charge in [-0.2, -0.15) is 0 Å². The van der Waals surface area contributed by atoms with Gasteiger partial charge in [-0.15, -0.1) is 0 Å². The zero-order chi connectivity index (χ0) is 16.0. The van der Waals surface area contributed by atoms with Crippen molar-refractivity contribution in [2.45, 2.75) is 52.2 Å². The van der Waals surface area contributed by atoms with Gasteiger partial charge in [0.1, 0.15) is 0 Å². The number of benzene rings is 1. The molecule has 0 atom stereocenters. The summed E-state index contributed by atoms with van der Waals surface area (Å²) in [5.74, 6) is -0.931. The number of aliphatic carboxylic acids is 1. The summed E-state index contributed by atoms with van der Waals surface area (Å²) < 4.78 is 0. The Hall–Kier alpha value is -2.04. The van der Waals surface area contributed by atoms with E-state index in [0.29, 0.717) is 6.54 Å². The molecule has 0 saturated carbocycles. The van der Waals surface area contributed by atoms with Crippen LogP contribution in [0.15, 0.2) is 30.3 Å². The Morgan fingerprint density at radius 2 is 1.81 bits per heavy atom. The van der Waals surface area contributed by atoms with E-state index >= 15 is 0 Å². The lowest BCUT2D eigenvalue weighted by molar-refractivity contribution is -0.138. The second kappa shape index (κ2) is 7.11. The van der Waals surface area contributed by atoms with E-state index in [1.54, 1.807) is 18.7 Å². The molecule has 0 fully saturated rings. The smallest absolute Gasteiger partial charge is 0.318 e. The van der Waals surface area contributed by atoms with Crippen molar-refractivity contribution in [2.75, 3.05) is 0 Å². The van der Waals surface area contributed by atoms with Crippen molar-refractivity contribution in [1.29, 1.82) is 0 Å². The molecule has 0 bridgehead atoms. The lowest BCUT2D eigenvalue weighted by atomic mass is 10.0. The average Bonchev–Trinajstić information content (AvgIpc) is 2.34. The molecule has 1 aromatic rings. The van der Waals surface area contributed by atoms with Crippen LogP contribution in [0.1, 0.15) is 39.7 Å². The first-order valence-electron chi connectivity index (χ1n) is 7.06. The van der Waals surface area contributed by atoms with Crippen LogP contribution >= 0.6 is 0 Å². The number of nitrogens with zero attached hydrogens (tertiary/aromatic N) is 1. The lowest BCUT2D eigenvalue weighted by Gasteiger charge is -2.32. The molecule has 1 aromatic carbocycles. The molecule has 1 rings (SSSR count). The van der Waals surface area contributed by atoms with Gasteiger partial charge < -0.3 is 15.3 Å². The van der Waals surface area contributed by atoms with Gasteiger partial charge >= 0.3 is 12.0 Å². The maximum Gasteiger partial charge on any atom is 0.318 e. The van der Waals surface area contributed by atoms with Crippen LogP contribution in [-0.2, 0) is 11.3 Å². The number of urea groups is 1. The standard InChI is InChI=1S/C16H24N2O3/c1-12(2)18(11-13-8-6-5-7-9-13)15(21)17-16(3,4)10-14(19)20/h5-9,12H,10-11H2,1-4H3,(H,17,21)(H,19,20). The van der Waals surface area contributed by atoms with Crippen molar-refractivity contribution in [3.8, 4) is 0 Å². The topological polar surface area (TPSA) is 69.6 Å². The number of carbonyl (C=O) groups excluding carboxylic acids is 1. The third kappa shape index (κ3) is 5.85. The fourth-order valence-electron chi connectivity index (χ4n) is 2.05.